The molecule has 0 bridgehead atoms. The van der Waals surface area contributed by atoms with Gasteiger partial charge in [-0.05, 0) is 6.92 Å². The molecule has 0 aliphatic rings. The van der Waals surface area contributed by atoms with Gasteiger partial charge in [0.1, 0.15) is 0 Å². The Hall–Kier alpha value is 0.830. The predicted molar refractivity (Wildman–Crippen MR) is 41.3 cm³/mol. The molecule has 5 N–H and O–H groups in total. The zero-order chi connectivity index (χ0) is 8.62. The van der Waals surface area contributed by atoms with Gasteiger partial charge in [-0.1, -0.05) is 0 Å². The van der Waals surface area contributed by atoms with E-state index in [1.165, 1.54) is 6.92 Å². The van der Waals surface area contributed by atoms with Crippen LogP contribution < -0.4 is 41.0 Å². The molecule has 0 saturated heterocycles. The van der Waals surface area contributed by atoms with Gasteiger partial charge < -0.3 is 12.9 Å². The molecule has 0 aromatic rings. The van der Waals surface area contributed by atoms with Gasteiger partial charge in [0, 0.05) is 13.1 Å². The second-order valence-electron chi connectivity index (χ2n) is 1.45. The van der Waals surface area contributed by atoms with Crippen LogP contribution in [-0.4, -0.2) is 31.8 Å². The second-order valence-corrected chi connectivity index (χ2v) is 3.19. The molecule has 0 fully saturated rings. The number of nitrogens with two attached hydrogens (primary N) is 2. The molecule has 0 aromatic carbocycles. The third-order valence-electron chi connectivity index (χ3n) is 0.531. The fraction of sp³-hybridized carbons (Fsp3) is 1.00. The van der Waals surface area contributed by atoms with Crippen molar-refractivity contribution in [2.45, 2.75) is 6.92 Å². The van der Waals surface area contributed by atoms with Gasteiger partial charge in [0.05, 0.1) is 5.75 Å². The van der Waals surface area contributed by atoms with Crippen molar-refractivity contribution in [3.05, 3.63) is 0 Å². The summed E-state index contributed by atoms with van der Waals surface area (Å²) in [6.45, 7) is 2.56. The first-order valence-corrected chi connectivity index (χ1v) is 4.44. The van der Waals surface area contributed by atoms with Crippen molar-refractivity contribution in [1.82, 2.24) is 0 Å². The van der Waals surface area contributed by atoms with Crippen LogP contribution in [0.15, 0.2) is 0 Å². The van der Waals surface area contributed by atoms with Gasteiger partial charge in [0.2, 0.25) is 0 Å². The van der Waals surface area contributed by atoms with Crippen molar-refractivity contribution in [3.63, 3.8) is 0 Å². The number of hydrogen-bond donors (Lipinski definition) is 3. The van der Waals surface area contributed by atoms with Gasteiger partial charge in [0.15, 0.2) is 0 Å². The third-order valence-corrected chi connectivity index (χ3v) is 1.26. The maximum Gasteiger partial charge on any atom is 1.00 e. The van der Waals surface area contributed by atoms with Gasteiger partial charge in [0.25, 0.3) is 10.1 Å². The molecule has 5 nitrogen and oxygen atoms in total. The quantitative estimate of drug-likeness (QED) is 0.306. The zero-order valence-corrected chi connectivity index (χ0v) is 9.76. The molecule has 0 atom stereocenters. The number of hydrogen-bond acceptors (Lipinski definition) is 4. The Bertz CT molecular complexity index is 150. The van der Waals surface area contributed by atoms with Crippen molar-refractivity contribution in [2.75, 3.05) is 18.8 Å². The molecule has 0 saturated carbocycles. The maximum absolute atomic E-state index is 9.56. The summed E-state index contributed by atoms with van der Waals surface area (Å²) in [6, 6.07) is 0. The summed E-state index contributed by atoms with van der Waals surface area (Å²) >= 11 is 0. The van der Waals surface area contributed by atoms with E-state index in [2.05, 4.69) is 0 Å². The van der Waals surface area contributed by atoms with E-state index < -0.39 is 10.1 Å². The van der Waals surface area contributed by atoms with Gasteiger partial charge in [-0.2, -0.15) is 8.42 Å². The Morgan fingerprint density at radius 2 is 1.55 bits per heavy atom. The number of rotatable bonds is 2. The van der Waals surface area contributed by atoms with Crippen LogP contribution in [0.1, 0.15) is 8.35 Å². The topological polar surface area (TPSA) is 106 Å². The zero-order valence-electron chi connectivity index (χ0n) is 7.95. The molecule has 0 amide bonds. The minimum atomic E-state index is -3.66. The Morgan fingerprint density at radius 3 is 1.55 bits per heavy atom. The standard InChI is InChI=1S/C2H8N2.C2H6O3S.Na.H/c3-1-2-4;1-2-6(3,4)5;;/h1-4H2;2H2,1H3,(H,3,4,5);;/q;;+1;-1. The SMILES string of the molecule is CCS(=O)(=O)O.NCCN.[H-].[Na+]. The van der Waals surface area contributed by atoms with Crippen LogP contribution in [0.2, 0.25) is 0 Å². The Morgan fingerprint density at radius 1 is 1.36 bits per heavy atom. The van der Waals surface area contributed by atoms with Crippen LogP contribution >= 0.6 is 0 Å². The van der Waals surface area contributed by atoms with E-state index in [0.717, 1.165) is 0 Å². The van der Waals surface area contributed by atoms with Crippen LogP contribution in [0.3, 0.4) is 0 Å². The van der Waals surface area contributed by atoms with Crippen molar-refractivity contribution in [1.29, 1.82) is 0 Å². The maximum atomic E-state index is 9.56. The van der Waals surface area contributed by atoms with E-state index in [9.17, 15) is 8.42 Å². The molecule has 0 aliphatic heterocycles. The fourth-order valence-corrected chi connectivity index (χ4v) is 0. The van der Waals surface area contributed by atoms with Crippen molar-refractivity contribution >= 4 is 10.1 Å². The van der Waals surface area contributed by atoms with Crippen molar-refractivity contribution < 1.29 is 44.0 Å². The van der Waals surface area contributed by atoms with E-state index in [0.29, 0.717) is 13.1 Å². The molecule has 0 aromatic heterocycles. The van der Waals surface area contributed by atoms with Crippen LogP contribution in [0, 0.1) is 0 Å². The van der Waals surface area contributed by atoms with Gasteiger partial charge in [-0.25, -0.2) is 0 Å². The minimum absolute atomic E-state index is 0. The molecular formula is C4H15N2NaO3S. The van der Waals surface area contributed by atoms with E-state index in [1.807, 2.05) is 0 Å². The Balaban J connectivity index is -0.0000000483. The molecule has 0 unspecified atom stereocenters. The molecule has 0 rings (SSSR count). The van der Waals surface area contributed by atoms with Crippen LogP contribution in [0.25, 0.3) is 0 Å². The van der Waals surface area contributed by atoms with Gasteiger partial charge in [-0.15, -0.1) is 0 Å². The van der Waals surface area contributed by atoms with E-state index in [1.54, 1.807) is 0 Å². The molecule has 0 aliphatic carbocycles. The van der Waals surface area contributed by atoms with Crippen molar-refractivity contribution in [2.24, 2.45) is 11.5 Å². The van der Waals surface area contributed by atoms with Crippen LogP contribution in [-0.2, 0) is 10.1 Å². The monoisotopic (exact) mass is 194 g/mol. The fourth-order valence-electron chi connectivity index (χ4n) is 0. The third kappa shape index (κ3) is 36.2. The first kappa shape index (κ1) is 17.8. The molecule has 0 heterocycles. The molecule has 11 heavy (non-hydrogen) atoms. The minimum Gasteiger partial charge on any atom is -1.00 e. The normalized spacial score (nSPS) is 9.09. The summed E-state index contributed by atoms with van der Waals surface area (Å²) in [5.41, 5.74) is 9.81. The largest absolute Gasteiger partial charge is 1.00 e. The summed E-state index contributed by atoms with van der Waals surface area (Å²) in [6.07, 6.45) is 0. The first-order chi connectivity index (χ1) is 4.47. The molecule has 0 spiro atoms. The van der Waals surface area contributed by atoms with E-state index in [4.69, 9.17) is 16.0 Å². The summed E-state index contributed by atoms with van der Waals surface area (Å²) in [7, 11) is -3.66. The summed E-state index contributed by atoms with van der Waals surface area (Å²) in [4.78, 5) is 0. The van der Waals surface area contributed by atoms with E-state index in [-0.39, 0.29) is 36.7 Å². The second kappa shape index (κ2) is 10.8. The summed E-state index contributed by atoms with van der Waals surface area (Å²) in [5.74, 6) is -0.201. The molecule has 0 radical (unpaired) electrons. The summed E-state index contributed by atoms with van der Waals surface area (Å²) < 4.78 is 26.9. The van der Waals surface area contributed by atoms with Gasteiger partial charge in [-0.3, -0.25) is 4.55 Å². The van der Waals surface area contributed by atoms with Crippen LogP contribution in [0.5, 0.6) is 0 Å². The Kier molecular flexibility index (Phi) is 17.5. The predicted octanol–water partition coefficient (Wildman–Crippen LogP) is -4.09. The van der Waals surface area contributed by atoms with Crippen molar-refractivity contribution in [3.8, 4) is 0 Å². The van der Waals surface area contributed by atoms with Gasteiger partial charge >= 0.3 is 29.6 Å². The average molecular weight is 194 g/mol. The molecule has 7 heteroatoms. The smallest absolute Gasteiger partial charge is 1.00 e. The average Bonchev–Trinajstić information content (AvgIpc) is 1.87. The van der Waals surface area contributed by atoms with E-state index >= 15 is 0 Å². The molecular weight excluding hydrogens is 179 g/mol. The Labute approximate surface area is 91.0 Å². The summed E-state index contributed by atoms with van der Waals surface area (Å²) in [5, 5.41) is 0. The molecule has 66 valence electrons. The van der Waals surface area contributed by atoms with Crippen LogP contribution in [0.4, 0.5) is 0 Å². The first-order valence-electron chi connectivity index (χ1n) is 2.83.